The lowest BCUT2D eigenvalue weighted by atomic mass is 9.81. The molecule has 154 valence electrons. The summed E-state index contributed by atoms with van der Waals surface area (Å²) in [4.78, 5) is 27.9. The van der Waals surface area contributed by atoms with Gasteiger partial charge < -0.3 is 21.1 Å². The number of fused-ring (bicyclic) bond motifs is 3. The number of carboxylic acid groups (broad SMARTS) is 1. The second kappa shape index (κ2) is 6.45. The van der Waals surface area contributed by atoms with Crippen LogP contribution >= 0.6 is 69.6 Å². The maximum absolute atomic E-state index is 13.1. The molecule has 5 N–H and O–H groups in total. The normalized spacial score (nSPS) is 32.8. The number of amides is 1. The average molecular weight is 519 g/mol. The number of aliphatic carboxylic acids is 1. The Labute approximate surface area is 193 Å². The minimum atomic E-state index is -2.16. The van der Waals surface area contributed by atoms with Crippen molar-refractivity contribution in [3.05, 3.63) is 28.3 Å². The van der Waals surface area contributed by atoms with E-state index in [0.29, 0.717) is 16.7 Å². The SMILES string of the molecule is Nc1nc2ccc(NC(=O)[C@H]3[C@@H](C(=O)O)C4(Cl)C(Cl)=C(Cl)C3(Cl)C4(Cl)Cl)cc2[nH]1. The van der Waals surface area contributed by atoms with E-state index in [1.54, 1.807) is 18.2 Å². The Hall–Kier alpha value is -1.09. The van der Waals surface area contributed by atoms with Gasteiger partial charge in [0.25, 0.3) is 0 Å². The molecule has 7 nitrogen and oxygen atoms in total. The zero-order valence-corrected chi connectivity index (χ0v) is 18.5. The van der Waals surface area contributed by atoms with E-state index in [2.05, 4.69) is 15.3 Å². The van der Waals surface area contributed by atoms with Crippen molar-refractivity contribution in [2.75, 3.05) is 11.1 Å². The first kappa shape index (κ1) is 21.2. The Morgan fingerprint density at radius 1 is 1.10 bits per heavy atom. The number of alkyl halides is 4. The molecule has 2 aliphatic carbocycles. The van der Waals surface area contributed by atoms with Gasteiger partial charge in [0.1, 0.15) is 9.75 Å². The van der Waals surface area contributed by atoms with E-state index in [-0.39, 0.29) is 16.0 Å². The fourth-order valence-corrected chi connectivity index (χ4v) is 6.89. The van der Waals surface area contributed by atoms with Gasteiger partial charge in [-0.2, -0.15) is 0 Å². The summed E-state index contributed by atoms with van der Waals surface area (Å²) < 4.78 is -2.16. The molecular formula is C16H10Cl6N4O3. The second-order valence-electron chi connectivity index (χ2n) is 6.76. The lowest BCUT2D eigenvalue weighted by Gasteiger charge is -2.33. The molecule has 0 aliphatic heterocycles. The van der Waals surface area contributed by atoms with E-state index in [4.69, 9.17) is 75.3 Å². The van der Waals surface area contributed by atoms with Crippen LogP contribution in [0.2, 0.25) is 0 Å². The van der Waals surface area contributed by atoms with Gasteiger partial charge in [-0.3, -0.25) is 9.59 Å². The predicted octanol–water partition coefficient (Wildman–Crippen LogP) is 4.25. The van der Waals surface area contributed by atoms with Crippen molar-refractivity contribution >= 4 is 104 Å². The Morgan fingerprint density at radius 3 is 2.28 bits per heavy atom. The highest BCUT2D eigenvalue weighted by Crippen LogP contribution is 2.76. The Morgan fingerprint density at radius 2 is 1.69 bits per heavy atom. The molecule has 1 aromatic carbocycles. The first-order valence-electron chi connectivity index (χ1n) is 7.98. The van der Waals surface area contributed by atoms with Crippen molar-refractivity contribution in [1.82, 2.24) is 9.97 Å². The second-order valence-corrected chi connectivity index (χ2v) is 10.0. The molecule has 2 aromatic rings. The van der Waals surface area contributed by atoms with Crippen LogP contribution in [0.25, 0.3) is 11.0 Å². The predicted molar refractivity (Wildman–Crippen MR) is 114 cm³/mol. The number of hydrogen-bond donors (Lipinski definition) is 4. The minimum absolute atomic E-state index is 0.201. The lowest BCUT2D eigenvalue weighted by molar-refractivity contribution is -0.146. The van der Waals surface area contributed by atoms with E-state index in [1.165, 1.54) is 0 Å². The van der Waals surface area contributed by atoms with Gasteiger partial charge in [-0.15, -0.1) is 23.2 Å². The van der Waals surface area contributed by atoms with Crippen molar-refractivity contribution in [2.24, 2.45) is 11.8 Å². The molecular weight excluding hydrogens is 509 g/mol. The highest BCUT2D eigenvalue weighted by molar-refractivity contribution is 6.66. The fraction of sp³-hybridized carbons (Fsp3) is 0.312. The molecule has 2 bridgehead atoms. The third-order valence-electron chi connectivity index (χ3n) is 5.25. The number of rotatable bonds is 3. The van der Waals surface area contributed by atoms with E-state index in [1.807, 2.05) is 0 Å². The fourth-order valence-electron chi connectivity index (χ4n) is 3.95. The number of carbonyl (C=O) groups is 2. The van der Waals surface area contributed by atoms with Gasteiger partial charge in [-0.25, -0.2) is 4.98 Å². The van der Waals surface area contributed by atoms with Gasteiger partial charge in [-0.1, -0.05) is 46.4 Å². The van der Waals surface area contributed by atoms with Crippen molar-refractivity contribution < 1.29 is 14.7 Å². The van der Waals surface area contributed by atoms with Crippen LogP contribution in [0.5, 0.6) is 0 Å². The monoisotopic (exact) mass is 516 g/mol. The maximum atomic E-state index is 13.1. The number of nitrogens with one attached hydrogen (secondary N) is 2. The van der Waals surface area contributed by atoms with E-state index >= 15 is 0 Å². The summed E-state index contributed by atoms with van der Waals surface area (Å²) in [6.07, 6.45) is 0. The summed E-state index contributed by atoms with van der Waals surface area (Å²) in [5.41, 5.74) is 7.07. The average Bonchev–Trinajstić information content (AvgIpc) is 3.10. The van der Waals surface area contributed by atoms with Crippen LogP contribution in [0.4, 0.5) is 11.6 Å². The molecule has 29 heavy (non-hydrogen) atoms. The van der Waals surface area contributed by atoms with Crippen LogP contribution in [-0.4, -0.2) is 41.0 Å². The van der Waals surface area contributed by atoms with Gasteiger partial charge in [0.2, 0.25) is 5.91 Å². The quantitative estimate of drug-likeness (QED) is 0.453. The molecule has 1 aromatic heterocycles. The summed E-state index contributed by atoms with van der Waals surface area (Å²) in [7, 11) is 0. The third kappa shape index (κ3) is 2.49. The first-order valence-corrected chi connectivity index (χ1v) is 10.2. The summed E-state index contributed by atoms with van der Waals surface area (Å²) in [5, 5.41) is 11.8. The molecule has 2 unspecified atom stereocenters. The van der Waals surface area contributed by atoms with E-state index < -0.39 is 37.8 Å². The zero-order chi connectivity index (χ0) is 21.5. The zero-order valence-electron chi connectivity index (χ0n) is 13.9. The maximum Gasteiger partial charge on any atom is 0.309 e. The number of anilines is 2. The molecule has 1 fully saturated rings. The topological polar surface area (TPSA) is 121 Å². The van der Waals surface area contributed by atoms with Crippen LogP contribution in [0.1, 0.15) is 0 Å². The third-order valence-corrected chi connectivity index (χ3v) is 9.51. The van der Waals surface area contributed by atoms with Crippen LogP contribution < -0.4 is 11.1 Å². The Balaban J connectivity index is 1.78. The smallest absolute Gasteiger partial charge is 0.309 e. The van der Waals surface area contributed by atoms with Crippen LogP contribution in [-0.2, 0) is 9.59 Å². The van der Waals surface area contributed by atoms with Crippen molar-refractivity contribution in [2.45, 2.75) is 14.1 Å². The number of carbonyl (C=O) groups excluding carboxylic acids is 1. The van der Waals surface area contributed by atoms with E-state index in [9.17, 15) is 14.7 Å². The van der Waals surface area contributed by atoms with Crippen LogP contribution in [0.15, 0.2) is 28.3 Å². The molecule has 1 saturated carbocycles. The van der Waals surface area contributed by atoms with Crippen LogP contribution in [0.3, 0.4) is 0 Å². The number of hydrogen-bond acceptors (Lipinski definition) is 4. The molecule has 0 radical (unpaired) electrons. The largest absolute Gasteiger partial charge is 0.481 e. The number of nitrogen functional groups attached to an aromatic ring is 1. The highest BCUT2D eigenvalue weighted by atomic mass is 35.5. The van der Waals surface area contributed by atoms with Crippen molar-refractivity contribution in [1.29, 1.82) is 0 Å². The minimum Gasteiger partial charge on any atom is -0.481 e. The Kier molecular flexibility index (Phi) is 4.71. The van der Waals surface area contributed by atoms with Gasteiger partial charge >= 0.3 is 5.97 Å². The molecule has 0 saturated heterocycles. The van der Waals surface area contributed by atoms with Crippen LogP contribution in [0, 0.1) is 11.8 Å². The van der Waals surface area contributed by atoms with Gasteiger partial charge in [0.15, 0.2) is 10.3 Å². The lowest BCUT2D eigenvalue weighted by Crippen LogP contribution is -2.47. The Bertz CT molecular complexity index is 1120. The highest BCUT2D eigenvalue weighted by Gasteiger charge is 2.85. The molecule has 4 atom stereocenters. The van der Waals surface area contributed by atoms with Gasteiger partial charge in [0, 0.05) is 5.69 Å². The number of nitrogens with two attached hydrogens (primary N) is 1. The van der Waals surface area contributed by atoms with Gasteiger partial charge in [-0.05, 0) is 18.2 Å². The molecule has 1 amide bonds. The van der Waals surface area contributed by atoms with E-state index in [0.717, 1.165) is 0 Å². The standard InChI is InChI=1S/C16H10Cl6N4O3/c17-9-10(18)15(20)8(12(28)29)7(14(9,19)16(15,21)22)11(27)24-4-1-2-5-6(3-4)26-13(23)25-5/h1-3,7-8H,(H,24,27)(H,28,29)(H3,23,25,26)/t7-,8+,14?,15?/m1/s1. The van der Waals surface area contributed by atoms with Gasteiger partial charge in [0.05, 0.1) is 32.9 Å². The summed E-state index contributed by atoms with van der Waals surface area (Å²) >= 11 is 38.3. The summed E-state index contributed by atoms with van der Waals surface area (Å²) in [6, 6.07) is 4.74. The number of carboxylic acids is 1. The number of imidazole rings is 1. The first-order chi connectivity index (χ1) is 13.4. The molecule has 2 aliphatic rings. The molecule has 13 heteroatoms. The number of nitrogens with zero attached hydrogens (tertiary/aromatic N) is 1. The van der Waals surface area contributed by atoms with Crippen molar-refractivity contribution in [3.8, 4) is 0 Å². The molecule has 1 heterocycles. The van der Waals surface area contributed by atoms with Crippen molar-refractivity contribution in [3.63, 3.8) is 0 Å². The number of benzene rings is 1. The molecule has 4 rings (SSSR count). The number of H-pyrrole nitrogens is 1. The summed E-state index contributed by atoms with van der Waals surface area (Å²) in [6.45, 7) is 0. The number of allylic oxidation sites excluding steroid dienone is 2. The number of aromatic nitrogens is 2. The molecule has 0 spiro atoms. The number of aromatic amines is 1. The number of halogens is 6. The summed E-state index contributed by atoms with van der Waals surface area (Å²) in [5.74, 6) is -5.21.